The van der Waals surface area contributed by atoms with Crippen molar-refractivity contribution in [3.8, 4) is 0 Å². The van der Waals surface area contributed by atoms with E-state index in [0.29, 0.717) is 0 Å². The average molecular weight is 381 g/mol. The normalized spacial score (nSPS) is 13.6. The standard InChI is InChI=1S/C18H16N2O3.2ClH/c21-20(22)14-7-5-13(6-8-14)11-19-10-9-18-16(12-19)15-3-1-2-4-17(15)23-18;;/h1-8H,9-12H2;2*1H. The molecule has 0 radical (unpaired) electrons. The van der Waals surface area contributed by atoms with E-state index in [-0.39, 0.29) is 35.4 Å². The van der Waals surface area contributed by atoms with E-state index in [9.17, 15) is 10.1 Å². The predicted molar refractivity (Wildman–Crippen MR) is 102 cm³/mol. The maximum atomic E-state index is 10.7. The van der Waals surface area contributed by atoms with Crippen LogP contribution >= 0.6 is 24.8 Å². The van der Waals surface area contributed by atoms with Crippen molar-refractivity contribution in [2.75, 3.05) is 6.54 Å². The Hall–Kier alpha value is -2.08. The summed E-state index contributed by atoms with van der Waals surface area (Å²) in [6, 6.07) is 14.9. The molecule has 2 heterocycles. The number of nitrogens with zero attached hydrogens (tertiary/aromatic N) is 2. The number of benzene rings is 2. The predicted octanol–water partition coefficient (Wildman–Crippen LogP) is 4.74. The number of hydrogen-bond donors (Lipinski definition) is 0. The van der Waals surface area contributed by atoms with Gasteiger partial charge in [0, 0.05) is 49.1 Å². The lowest BCUT2D eigenvalue weighted by atomic mass is 10.0. The maximum absolute atomic E-state index is 10.7. The highest BCUT2D eigenvalue weighted by atomic mass is 35.5. The molecule has 7 heteroatoms. The quantitative estimate of drug-likeness (QED) is 0.486. The average Bonchev–Trinajstić information content (AvgIpc) is 2.93. The fourth-order valence-electron chi connectivity index (χ4n) is 3.20. The van der Waals surface area contributed by atoms with E-state index >= 15 is 0 Å². The zero-order valence-corrected chi connectivity index (χ0v) is 15.0. The van der Waals surface area contributed by atoms with Gasteiger partial charge in [-0.1, -0.05) is 30.3 Å². The SMILES string of the molecule is Cl.Cl.O=[N+]([O-])c1ccc(CN2CCc3oc4ccccc4c3C2)cc1. The first-order chi connectivity index (χ1) is 11.2. The molecule has 2 aromatic carbocycles. The van der Waals surface area contributed by atoms with E-state index in [0.717, 1.165) is 43.0 Å². The third kappa shape index (κ3) is 3.79. The van der Waals surface area contributed by atoms with Crippen LogP contribution in [0.2, 0.25) is 0 Å². The van der Waals surface area contributed by atoms with E-state index in [1.54, 1.807) is 12.1 Å². The molecule has 0 bridgehead atoms. The number of furan rings is 1. The van der Waals surface area contributed by atoms with Gasteiger partial charge in [0.2, 0.25) is 0 Å². The molecule has 25 heavy (non-hydrogen) atoms. The van der Waals surface area contributed by atoms with Crippen LogP contribution in [-0.4, -0.2) is 16.4 Å². The summed E-state index contributed by atoms with van der Waals surface area (Å²) in [6.45, 7) is 2.57. The van der Waals surface area contributed by atoms with Gasteiger partial charge in [0.15, 0.2) is 0 Å². The number of halogens is 2. The van der Waals surface area contributed by atoms with Gasteiger partial charge in [-0.25, -0.2) is 0 Å². The molecule has 1 aliphatic rings. The van der Waals surface area contributed by atoms with Crippen molar-refractivity contribution in [2.45, 2.75) is 19.5 Å². The molecule has 132 valence electrons. The number of nitro groups is 1. The van der Waals surface area contributed by atoms with Gasteiger partial charge in [-0.3, -0.25) is 15.0 Å². The van der Waals surface area contributed by atoms with Gasteiger partial charge in [-0.05, 0) is 11.6 Å². The lowest BCUT2D eigenvalue weighted by Gasteiger charge is -2.26. The highest BCUT2D eigenvalue weighted by molar-refractivity contribution is 5.85. The van der Waals surface area contributed by atoms with Crippen LogP contribution < -0.4 is 0 Å². The van der Waals surface area contributed by atoms with Gasteiger partial charge >= 0.3 is 0 Å². The number of nitro benzene ring substituents is 1. The van der Waals surface area contributed by atoms with Crippen LogP contribution in [0.1, 0.15) is 16.9 Å². The summed E-state index contributed by atoms with van der Waals surface area (Å²) in [5.74, 6) is 1.09. The number of fused-ring (bicyclic) bond motifs is 3. The van der Waals surface area contributed by atoms with Crippen LogP contribution in [0.4, 0.5) is 5.69 Å². The zero-order valence-electron chi connectivity index (χ0n) is 13.4. The second-order valence-corrected chi connectivity index (χ2v) is 5.88. The number of para-hydroxylation sites is 1. The van der Waals surface area contributed by atoms with Crippen molar-refractivity contribution < 1.29 is 9.34 Å². The van der Waals surface area contributed by atoms with Gasteiger partial charge in [0.1, 0.15) is 11.3 Å². The minimum Gasteiger partial charge on any atom is -0.461 e. The zero-order chi connectivity index (χ0) is 15.8. The summed E-state index contributed by atoms with van der Waals surface area (Å²) in [4.78, 5) is 12.7. The van der Waals surface area contributed by atoms with E-state index < -0.39 is 0 Å². The third-order valence-electron chi connectivity index (χ3n) is 4.37. The maximum Gasteiger partial charge on any atom is 0.269 e. The Labute approximate surface area is 157 Å². The van der Waals surface area contributed by atoms with Crippen LogP contribution in [0.5, 0.6) is 0 Å². The van der Waals surface area contributed by atoms with Crippen molar-refractivity contribution in [2.24, 2.45) is 0 Å². The molecule has 0 atom stereocenters. The molecule has 0 unspecified atom stereocenters. The summed E-state index contributed by atoms with van der Waals surface area (Å²) in [6.07, 6.45) is 0.900. The Balaban J connectivity index is 0.00000113. The summed E-state index contributed by atoms with van der Waals surface area (Å²) in [5.41, 5.74) is 3.45. The van der Waals surface area contributed by atoms with Crippen molar-refractivity contribution in [1.82, 2.24) is 4.90 Å². The first kappa shape index (κ1) is 19.2. The van der Waals surface area contributed by atoms with Gasteiger partial charge in [-0.15, -0.1) is 24.8 Å². The van der Waals surface area contributed by atoms with Crippen LogP contribution in [0.3, 0.4) is 0 Å². The van der Waals surface area contributed by atoms with Gasteiger partial charge < -0.3 is 4.42 Å². The Morgan fingerprint density at radius 2 is 1.80 bits per heavy atom. The molecule has 0 spiro atoms. The summed E-state index contributed by atoms with van der Waals surface area (Å²) < 4.78 is 5.93. The van der Waals surface area contributed by atoms with Gasteiger partial charge in [0.25, 0.3) is 5.69 Å². The smallest absolute Gasteiger partial charge is 0.269 e. The number of rotatable bonds is 3. The fourth-order valence-corrected chi connectivity index (χ4v) is 3.20. The largest absolute Gasteiger partial charge is 0.461 e. The van der Waals surface area contributed by atoms with Crippen molar-refractivity contribution in [3.63, 3.8) is 0 Å². The van der Waals surface area contributed by atoms with Crippen molar-refractivity contribution in [1.29, 1.82) is 0 Å². The molecule has 0 N–H and O–H groups in total. The minimum absolute atomic E-state index is 0. The van der Waals surface area contributed by atoms with E-state index in [1.807, 2.05) is 30.3 Å². The van der Waals surface area contributed by atoms with Crippen molar-refractivity contribution >= 4 is 41.5 Å². The second-order valence-electron chi connectivity index (χ2n) is 5.88. The first-order valence-corrected chi connectivity index (χ1v) is 7.66. The monoisotopic (exact) mass is 380 g/mol. The van der Waals surface area contributed by atoms with Gasteiger partial charge in [-0.2, -0.15) is 0 Å². The van der Waals surface area contributed by atoms with E-state index in [2.05, 4.69) is 11.0 Å². The summed E-state index contributed by atoms with van der Waals surface area (Å²) in [7, 11) is 0. The molecule has 0 aliphatic carbocycles. The fraction of sp³-hybridized carbons (Fsp3) is 0.222. The van der Waals surface area contributed by atoms with Crippen LogP contribution in [0, 0.1) is 10.1 Å². The molecule has 0 saturated carbocycles. The lowest BCUT2D eigenvalue weighted by Crippen LogP contribution is -2.29. The molecule has 0 saturated heterocycles. The molecule has 1 aromatic heterocycles. The topological polar surface area (TPSA) is 59.5 Å². The highest BCUT2D eigenvalue weighted by Crippen LogP contribution is 2.31. The van der Waals surface area contributed by atoms with E-state index in [1.165, 1.54) is 10.9 Å². The summed E-state index contributed by atoms with van der Waals surface area (Å²) in [5, 5.41) is 11.9. The lowest BCUT2D eigenvalue weighted by molar-refractivity contribution is -0.384. The third-order valence-corrected chi connectivity index (χ3v) is 4.37. The van der Waals surface area contributed by atoms with Crippen LogP contribution in [0.25, 0.3) is 11.0 Å². The van der Waals surface area contributed by atoms with Crippen LogP contribution in [0.15, 0.2) is 52.9 Å². The first-order valence-electron chi connectivity index (χ1n) is 7.66. The summed E-state index contributed by atoms with van der Waals surface area (Å²) >= 11 is 0. The van der Waals surface area contributed by atoms with Crippen molar-refractivity contribution in [3.05, 3.63) is 75.5 Å². The Morgan fingerprint density at radius 3 is 2.52 bits per heavy atom. The molecule has 0 fully saturated rings. The molecule has 4 rings (SSSR count). The van der Waals surface area contributed by atoms with Crippen LogP contribution in [-0.2, 0) is 19.5 Å². The molecular weight excluding hydrogens is 363 g/mol. The second kappa shape index (κ2) is 7.87. The molecule has 0 amide bonds. The Kier molecular flexibility index (Phi) is 6.06. The molecule has 1 aliphatic heterocycles. The Bertz CT molecular complexity index is 878. The number of non-ortho nitro benzene ring substituents is 1. The van der Waals surface area contributed by atoms with Gasteiger partial charge in [0.05, 0.1) is 4.92 Å². The Morgan fingerprint density at radius 1 is 1.08 bits per heavy atom. The number of hydrogen-bond acceptors (Lipinski definition) is 4. The highest BCUT2D eigenvalue weighted by Gasteiger charge is 2.22. The molecule has 3 aromatic rings. The molecular formula is C18H18Cl2N2O3. The van der Waals surface area contributed by atoms with E-state index in [4.69, 9.17) is 4.42 Å². The minimum atomic E-state index is -0.367. The molecule has 5 nitrogen and oxygen atoms in total.